The summed E-state index contributed by atoms with van der Waals surface area (Å²) in [6, 6.07) is 0. The van der Waals surface area contributed by atoms with E-state index < -0.39 is 0 Å². The second kappa shape index (κ2) is 5.26. The van der Waals surface area contributed by atoms with Crippen molar-refractivity contribution in [3.8, 4) is 0 Å². The molecule has 0 amide bonds. The summed E-state index contributed by atoms with van der Waals surface area (Å²) < 4.78 is 9.83. The molecule has 0 aliphatic rings. The van der Waals surface area contributed by atoms with Crippen LogP contribution in [0.3, 0.4) is 0 Å². The molecular formula is C7H15NO2. The molecule has 0 aromatic heterocycles. The average Bonchev–Trinajstić information content (AvgIpc) is 1.90. The van der Waals surface area contributed by atoms with E-state index in [4.69, 9.17) is 9.47 Å². The number of hydrogen-bond acceptors (Lipinski definition) is 3. The molecule has 0 aliphatic heterocycles. The minimum absolute atomic E-state index is 0.234. The fraction of sp³-hybridized carbons (Fsp3) is 0.714. The molecule has 0 saturated heterocycles. The van der Waals surface area contributed by atoms with Crippen LogP contribution in [0.1, 0.15) is 0 Å². The van der Waals surface area contributed by atoms with Gasteiger partial charge in [0.1, 0.15) is 0 Å². The predicted octanol–water partition coefficient (Wildman–Crippen LogP) is 0.681. The molecule has 0 spiro atoms. The van der Waals surface area contributed by atoms with Crippen LogP contribution in [0.4, 0.5) is 0 Å². The van der Waals surface area contributed by atoms with E-state index >= 15 is 0 Å². The van der Waals surface area contributed by atoms with Gasteiger partial charge in [-0.05, 0) is 12.3 Å². The molecule has 0 heterocycles. The Hall–Kier alpha value is -0.540. The smallest absolute Gasteiger partial charge is 0.177 e. The van der Waals surface area contributed by atoms with Gasteiger partial charge in [0.2, 0.25) is 0 Å². The summed E-state index contributed by atoms with van der Waals surface area (Å²) in [5, 5.41) is 0. The predicted molar refractivity (Wildman–Crippen MR) is 40.6 cm³/mol. The first-order valence-corrected chi connectivity index (χ1v) is 3.11. The summed E-state index contributed by atoms with van der Waals surface area (Å²) >= 11 is 0. The van der Waals surface area contributed by atoms with Crippen molar-refractivity contribution in [2.75, 3.05) is 28.3 Å². The summed E-state index contributed by atoms with van der Waals surface area (Å²) in [6.45, 7) is 0. The lowest BCUT2D eigenvalue weighted by atomic mass is 10.5. The van der Waals surface area contributed by atoms with E-state index in [1.54, 1.807) is 14.2 Å². The highest BCUT2D eigenvalue weighted by Gasteiger charge is 1.95. The van der Waals surface area contributed by atoms with Crippen molar-refractivity contribution in [3.63, 3.8) is 0 Å². The Balaban J connectivity index is 3.61. The van der Waals surface area contributed by atoms with E-state index in [1.165, 1.54) is 0 Å². The molecule has 0 radical (unpaired) electrons. The molecule has 0 aromatic carbocycles. The fourth-order valence-corrected chi connectivity index (χ4v) is 0.496. The first-order valence-electron chi connectivity index (χ1n) is 3.11. The van der Waals surface area contributed by atoms with Crippen molar-refractivity contribution in [2.45, 2.75) is 6.29 Å². The van der Waals surface area contributed by atoms with E-state index in [0.717, 1.165) is 0 Å². The van der Waals surface area contributed by atoms with Gasteiger partial charge in [-0.2, -0.15) is 0 Å². The Morgan fingerprint density at radius 1 is 1.20 bits per heavy atom. The molecule has 0 aliphatic carbocycles. The van der Waals surface area contributed by atoms with Crippen molar-refractivity contribution < 1.29 is 9.47 Å². The van der Waals surface area contributed by atoms with Crippen LogP contribution in [0.2, 0.25) is 0 Å². The molecular weight excluding hydrogens is 130 g/mol. The van der Waals surface area contributed by atoms with Crippen molar-refractivity contribution >= 4 is 0 Å². The van der Waals surface area contributed by atoms with Crippen molar-refractivity contribution in [2.24, 2.45) is 0 Å². The van der Waals surface area contributed by atoms with Crippen LogP contribution in [0.25, 0.3) is 0 Å². The molecule has 3 heteroatoms. The SMILES string of the molecule is COC(C=CN(C)C)OC. The van der Waals surface area contributed by atoms with Gasteiger partial charge in [-0.15, -0.1) is 0 Å². The summed E-state index contributed by atoms with van der Waals surface area (Å²) in [5.41, 5.74) is 0. The minimum Gasteiger partial charge on any atom is -0.384 e. The highest BCUT2D eigenvalue weighted by atomic mass is 16.7. The number of hydrogen-bond donors (Lipinski definition) is 0. The minimum atomic E-state index is -0.234. The van der Waals surface area contributed by atoms with Crippen LogP contribution in [0, 0.1) is 0 Å². The van der Waals surface area contributed by atoms with Crippen LogP contribution in [0.15, 0.2) is 12.3 Å². The Bertz CT molecular complexity index is 97.8. The van der Waals surface area contributed by atoms with Gasteiger partial charge in [-0.3, -0.25) is 0 Å². The second-order valence-corrected chi connectivity index (χ2v) is 2.14. The van der Waals surface area contributed by atoms with Gasteiger partial charge in [0.25, 0.3) is 0 Å². The van der Waals surface area contributed by atoms with Crippen molar-refractivity contribution in [1.82, 2.24) is 4.90 Å². The van der Waals surface area contributed by atoms with Crippen LogP contribution in [0.5, 0.6) is 0 Å². The fourth-order valence-electron chi connectivity index (χ4n) is 0.496. The third-order valence-electron chi connectivity index (χ3n) is 1.01. The van der Waals surface area contributed by atoms with E-state index in [1.807, 2.05) is 31.3 Å². The van der Waals surface area contributed by atoms with Crippen LogP contribution >= 0.6 is 0 Å². The van der Waals surface area contributed by atoms with E-state index in [0.29, 0.717) is 0 Å². The highest BCUT2D eigenvalue weighted by molar-refractivity contribution is 4.82. The number of ether oxygens (including phenoxy) is 2. The maximum Gasteiger partial charge on any atom is 0.177 e. The lowest BCUT2D eigenvalue weighted by Gasteiger charge is -2.09. The highest BCUT2D eigenvalue weighted by Crippen LogP contribution is 1.92. The standard InChI is InChI=1S/C7H15NO2/c1-8(2)6-5-7(9-3)10-4/h5-7H,1-4H3. The molecule has 0 N–H and O–H groups in total. The second-order valence-electron chi connectivity index (χ2n) is 2.14. The normalized spacial score (nSPS) is 11.3. The lowest BCUT2D eigenvalue weighted by Crippen LogP contribution is -2.11. The molecule has 3 nitrogen and oxygen atoms in total. The van der Waals surface area contributed by atoms with Gasteiger partial charge in [0, 0.05) is 28.3 Å². The Kier molecular flexibility index (Phi) is 4.98. The van der Waals surface area contributed by atoms with E-state index in [9.17, 15) is 0 Å². The van der Waals surface area contributed by atoms with Crippen molar-refractivity contribution in [3.05, 3.63) is 12.3 Å². The number of methoxy groups -OCH3 is 2. The topological polar surface area (TPSA) is 21.7 Å². The molecule has 10 heavy (non-hydrogen) atoms. The van der Waals surface area contributed by atoms with E-state index in [-0.39, 0.29) is 6.29 Å². The molecule has 0 rings (SSSR count). The Morgan fingerprint density at radius 3 is 2.00 bits per heavy atom. The first kappa shape index (κ1) is 9.46. The van der Waals surface area contributed by atoms with Crippen LogP contribution in [-0.2, 0) is 9.47 Å². The largest absolute Gasteiger partial charge is 0.384 e. The third kappa shape index (κ3) is 4.35. The van der Waals surface area contributed by atoms with E-state index in [2.05, 4.69) is 0 Å². The monoisotopic (exact) mass is 145 g/mol. The zero-order valence-corrected chi connectivity index (χ0v) is 7.00. The Labute approximate surface area is 62.2 Å². The summed E-state index contributed by atoms with van der Waals surface area (Å²) in [7, 11) is 7.10. The summed E-state index contributed by atoms with van der Waals surface area (Å²) in [5.74, 6) is 0. The maximum atomic E-state index is 4.91. The molecule has 0 unspecified atom stereocenters. The molecule has 0 bridgehead atoms. The lowest BCUT2D eigenvalue weighted by molar-refractivity contribution is -0.0671. The molecule has 0 saturated carbocycles. The van der Waals surface area contributed by atoms with Gasteiger partial charge in [-0.25, -0.2) is 0 Å². The maximum absolute atomic E-state index is 4.91. The third-order valence-corrected chi connectivity index (χ3v) is 1.01. The molecule has 0 aromatic rings. The number of nitrogens with zero attached hydrogens (tertiary/aromatic N) is 1. The Morgan fingerprint density at radius 2 is 1.70 bits per heavy atom. The zero-order valence-electron chi connectivity index (χ0n) is 7.00. The quantitative estimate of drug-likeness (QED) is 0.543. The zero-order chi connectivity index (χ0) is 7.98. The molecule has 0 fully saturated rings. The first-order chi connectivity index (χ1) is 4.70. The van der Waals surface area contributed by atoms with Crippen LogP contribution < -0.4 is 0 Å². The van der Waals surface area contributed by atoms with Gasteiger partial charge in [0.05, 0.1) is 0 Å². The van der Waals surface area contributed by atoms with Gasteiger partial charge < -0.3 is 14.4 Å². The summed E-state index contributed by atoms with van der Waals surface area (Å²) in [4.78, 5) is 1.92. The summed E-state index contributed by atoms with van der Waals surface area (Å²) in [6.07, 6.45) is 3.49. The van der Waals surface area contributed by atoms with Crippen LogP contribution in [-0.4, -0.2) is 39.5 Å². The average molecular weight is 145 g/mol. The van der Waals surface area contributed by atoms with Gasteiger partial charge in [-0.1, -0.05) is 0 Å². The molecule has 0 atom stereocenters. The van der Waals surface area contributed by atoms with Gasteiger partial charge in [0.15, 0.2) is 6.29 Å². The molecule has 60 valence electrons. The van der Waals surface area contributed by atoms with Crippen molar-refractivity contribution in [1.29, 1.82) is 0 Å². The van der Waals surface area contributed by atoms with Gasteiger partial charge >= 0.3 is 0 Å². The number of rotatable bonds is 4.